The number of carbonyl (C=O) groups is 1. The molecule has 0 spiro atoms. The zero-order valence-corrected chi connectivity index (χ0v) is 13.4. The van der Waals surface area contributed by atoms with Crippen molar-refractivity contribution in [2.75, 3.05) is 20.8 Å². The molecule has 2 N–H and O–H groups in total. The minimum atomic E-state index is -0.667. The molecule has 0 radical (unpaired) electrons. The van der Waals surface area contributed by atoms with Crippen LogP contribution in [0.1, 0.15) is 11.1 Å². The van der Waals surface area contributed by atoms with Gasteiger partial charge in [0.2, 0.25) is 5.88 Å². The lowest BCUT2D eigenvalue weighted by atomic mass is 10.00. The molecule has 0 saturated heterocycles. The van der Waals surface area contributed by atoms with Gasteiger partial charge in [0, 0.05) is 12.3 Å². The van der Waals surface area contributed by atoms with Gasteiger partial charge >= 0.3 is 0 Å². The molecular formula is C17H18N2O5. The van der Waals surface area contributed by atoms with Crippen molar-refractivity contribution < 1.29 is 24.2 Å². The number of nitrogens with one attached hydrogen (secondary N) is 1. The number of amides is 1. The maximum atomic E-state index is 11.1. The Morgan fingerprint density at radius 1 is 1.17 bits per heavy atom. The van der Waals surface area contributed by atoms with Crippen molar-refractivity contribution in [3.63, 3.8) is 0 Å². The fourth-order valence-electron chi connectivity index (χ4n) is 2.03. The smallest absolute Gasteiger partial charge is 0.281 e. The van der Waals surface area contributed by atoms with Crippen molar-refractivity contribution in [3.8, 4) is 17.4 Å². The quantitative estimate of drug-likeness (QED) is 0.596. The molecule has 2 rings (SSSR count). The van der Waals surface area contributed by atoms with Crippen LogP contribution in [0.25, 0.3) is 5.57 Å². The summed E-state index contributed by atoms with van der Waals surface area (Å²) in [7, 11) is 3.04. The van der Waals surface area contributed by atoms with Gasteiger partial charge in [-0.15, -0.1) is 0 Å². The molecule has 2 aromatic rings. The van der Waals surface area contributed by atoms with Crippen molar-refractivity contribution in [3.05, 3.63) is 54.2 Å². The van der Waals surface area contributed by atoms with Gasteiger partial charge in [-0.2, -0.15) is 0 Å². The summed E-state index contributed by atoms with van der Waals surface area (Å²) < 4.78 is 15.7. The number of methoxy groups -OCH3 is 2. The first kappa shape index (κ1) is 17.3. The average molecular weight is 330 g/mol. The molecule has 0 saturated carbocycles. The predicted molar refractivity (Wildman–Crippen MR) is 87.3 cm³/mol. The van der Waals surface area contributed by atoms with Crippen LogP contribution >= 0.6 is 0 Å². The molecule has 7 nitrogen and oxygen atoms in total. The Labute approximate surface area is 139 Å². The molecule has 126 valence electrons. The average Bonchev–Trinajstić information content (AvgIpc) is 2.65. The van der Waals surface area contributed by atoms with Gasteiger partial charge in [0.1, 0.15) is 0 Å². The number of ether oxygens (including phenoxy) is 3. The first-order chi connectivity index (χ1) is 11.6. The molecule has 0 aliphatic carbocycles. The second-order valence-electron chi connectivity index (χ2n) is 4.75. The Kier molecular flexibility index (Phi) is 5.75. The number of pyridine rings is 1. The molecule has 1 heterocycles. The van der Waals surface area contributed by atoms with E-state index in [4.69, 9.17) is 19.4 Å². The largest absolute Gasteiger partial charge is 0.493 e. The lowest BCUT2D eigenvalue weighted by Crippen LogP contribution is -2.25. The van der Waals surface area contributed by atoms with Crippen LogP contribution in [0.3, 0.4) is 0 Å². The maximum absolute atomic E-state index is 11.1. The van der Waals surface area contributed by atoms with Gasteiger partial charge in [-0.05, 0) is 34.9 Å². The lowest BCUT2D eigenvalue weighted by molar-refractivity contribution is -0.131. The van der Waals surface area contributed by atoms with E-state index in [1.807, 2.05) is 12.1 Å². The maximum Gasteiger partial charge on any atom is 0.281 e. The van der Waals surface area contributed by atoms with E-state index in [0.29, 0.717) is 17.4 Å². The summed E-state index contributed by atoms with van der Waals surface area (Å²) in [6.45, 7) is 3.74. The molecule has 0 unspecified atom stereocenters. The summed E-state index contributed by atoms with van der Waals surface area (Å²) in [4.78, 5) is 15.2. The van der Waals surface area contributed by atoms with Crippen LogP contribution in [0.5, 0.6) is 17.4 Å². The zero-order valence-electron chi connectivity index (χ0n) is 13.4. The van der Waals surface area contributed by atoms with Crippen LogP contribution in [-0.2, 0) is 4.79 Å². The molecule has 0 aliphatic rings. The third-order valence-corrected chi connectivity index (χ3v) is 3.29. The highest BCUT2D eigenvalue weighted by Crippen LogP contribution is 2.32. The number of hydrogen-bond acceptors (Lipinski definition) is 6. The van der Waals surface area contributed by atoms with E-state index < -0.39 is 5.91 Å². The van der Waals surface area contributed by atoms with Gasteiger partial charge in [0.15, 0.2) is 18.1 Å². The van der Waals surface area contributed by atoms with Gasteiger partial charge in [-0.25, -0.2) is 10.5 Å². The van der Waals surface area contributed by atoms with Crippen molar-refractivity contribution in [2.45, 2.75) is 0 Å². The first-order valence-electron chi connectivity index (χ1n) is 7.02. The van der Waals surface area contributed by atoms with Crippen LogP contribution in [0, 0.1) is 0 Å². The van der Waals surface area contributed by atoms with E-state index in [2.05, 4.69) is 11.6 Å². The zero-order chi connectivity index (χ0) is 17.5. The SMILES string of the molecule is C=C(c1ccnc(OC)c1)c1ccc(OC)c(OCC(=O)NO)c1. The molecule has 0 bridgehead atoms. The molecular weight excluding hydrogens is 312 g/mol. The third-order valence-electron chi connectivity index (χ3n) is 3.29. The molecule has 7 heteroatoms. The molecule has 1 aromatic heterocycles. The van der Waals surface area contributed by atoms with Gasteiger partial charge in [-0.3, -0.25) is 10.0 Å². The topological polar surface area (TPSA) is 89.9 Å². The van der Waals surface area contributed by atoms with E-state index in [0.717, 1.165) is 16.7 Å². The lowest BCUT2D eigenvalue weighted by Gasteiger charge is -2.13. The molecule has 0 aliphatic heterocycles. The summed E-state index contributed by atoms with van der Waals surface area (Å²) >= 11 is 0. The fourth-order valence-corrected chi connectivity index (χ4v) is 2.03. The normalized spacial score (nSPS) is 9.96. The van der Waals surface area contributed by atoms with E-state index in [9.17, 15) is 4.79 Å². The Bertz CT molecular complexity index is 746. The standard InChI is InChI=1S/C17H18N2O5/c1-11(13-6-7-18-17(9-13)23-3)12-4-5-14(22-2)15(8-12)24-10-16(20)19-21/h4-9,21H,1,10H2,2-3H3,(H,19,20). The summed E-state index contributed by atoms with van der Waals surface area (Å²) in [6.07, 6.45) is 1.63. The summed E-state index contributed by atoms with van der Waals surface area (Å²) in [5, 5.41) is 8.54. The highest BCUT2D eigenvalue weighted by atomic mass is 16.5. The van der Waals surface area contributed by atoms with Crippen LogP contribution < -0.4 is 19.7 Å². The van der Waals surface area contributed by atoms with Crippen molar-refractivity contribution in [1.29, 1.82) is 0 Å². The fraction of sp³-hybridized carbons (Fsp3) is 0.176. The number of hydrogen-bond donors (Lipinski definition) is 2. The number of carbonyl (C=O) groups excluding carboxylic acids is 1. The van der Waals surface area contributed by atoms with Crippen LogP contribution in [0.4, 0.5) is 0 Å². The minimum Gasteiger partial charge on any atom is -0.493 e. The first-order valence-corrected chi connectivity index (χ1v) is 7.02. The second-order valence-corrected chi connectivity index (χ2v) is 4.75. The highest BCUT2D eigenvalue weighted by molar-refractivity contribution is 5.80. The van der Waals surface area contributed by atoms with E-state index >= 15 is 0 Å². The van der Waals surface area contributed by atoms with E-state index in [-0.39, 0.29) is 6.61 Å². The Hall–Kier alpha value is -3.06. The third kappa shape index (κ3) is 4.02. The van der Waals surface area contributed by atoms with Crippen LogP contribution in [0.15, 0.2) is 43.1 Å². The van der Waals surface area contributed by atoms with Crippen molar-refractivity contribution >= 4 is 11.5 Å². The van der Waals surface area contributed by atoms with Gasteiger partial charge in [0.05, 0.1) is 14.2 Å². The van der Waals surface area contributed by atoms with Crippen molar-refractivity contribution in [1.82, 2.24) is 10.5 Å². The number of hydroxylamine groups is 1. The number of aromatic nitrogens is 1. The molecule has 0 atom stereocenters. The predicted octanol–water partition coefficient (Wildman–Crippen LogP) is 2.04. The Morgan fingerprint density at radius 3 is 2.58 bits per heavy atom. The molecule has 1 amide bonds. The van der Waals surface area contributed by atoms with Crippen molar-refractivity contribution in [2.24, 2.45) is 0 Å². The second kappa shape index (κ2) is 7.98. The summed E-state index contributed by atoms with van der Waals surface area (Å²) in [5.41, 5.74) is 3.86. The molecule has 24 heavy (non-hydrogen) atoms. The van der Waals surface area contributed by atoms with E-state index in [1.54, 1.807) is 31.5 Å². The highest BCUT2D eigenvalue weighted by Gasteiger charge is 2.11. The molecule has 1 aromatic carbocycles. The van der Waals surface area contributed by atoms with Crippen LogP contribution in [0.2, 0.25) is 0 Å². The minimum absolute atomic E-state index is 0.341. The number of benzene rings is 1. The van der Waals surface area contributed by atoms with E-state index in [1.165, 1.54) is 12.6 Å². The summed E-state index contributed by atoms with van der Waals surface area (Å²) in [6, 6.07) is 8.83. The Morgan fingerprint density at radius 2 is 1.92 bits per heavy atom. The number of rotatable bonds is 7. The summed E-state index contributed by atoms with van der Waals surface area (Å²) in [5.74, 6) is 0.642. The van der Waals surface area contributed by atoms with Gasteiger partial charge in [0.25, 0.3) is 5.91 Å². The monoisotopic (exact) mass is 330 g/mol. The molecule has 0 fully saturated rings. The number of nitrogens with zero attached hydrogens (tertiary/aromatic N) is 1. The Balaban J connectivity index is 2.29. The van der Waals surface area contributed by atoms with Crippen LogP contribution in [-0.4, -0.2) is 36.9 Å². The van der Waals surface area contributed by atoms with Gasteiger partial charge in [-0.1, -0.05) is 12.6 Å². The van der Waals surface area contributed by atoms with Gasteiger partial charge < -0.3 is 14.2 Å².